The van der Waals surface area contributed by atoms with Gasteiger partial charge in [0.15, 0.2) is 5.83 Å². The summed E-state index contributed by atoms with van der Waals surface area (Å²) in [6, 6.07) is 5.27. The number of rotatable bonds is 3. The third-order valence-corrected chi connectivity index (χ3v) is 3.22. The van der Waals surface area contributed by atoms with E-state index in [1.807, 2.05) is 17.7 Å². The van der Waals surface area contributed by atoms with Crippen molar-refractivity contribution in [2.45, 2.75) is 0 Å². The van der Waals surface area contributed by atoms with Crippen molar-refractivity contribution in [1.29, 1.82) is 5.41 Å². The average molecular weight is 288 g/mol. The summed E-state index contributed by atoms with van der Waals surface area (Å²) in [7, 11) is 4.82. The smallest absolute Gasteiger partial charge is 0.282 e. The lowest BCUT2D eigenvalue weighted by molar-refractivity contribution is -0.126. The summed E-state index contributed by atoms with van der Waals surface area (Å²) < 4.78 is 15.8. The number of aryl methyl sites for hydroxylation is 1. The highest BCUT2D eigenvalue weighted by Gasteiger charge is 2.13. The SMILES string of the molecule is CN(C)C(=O)/C(F)=C/c1cn(C)c2ccc(C(=N)N)cc12. The maximum Gasteiger partial charge on any atom is 0.282 e. The first-order valence-electron chi connectivity index (χ1n) is 6.33. The summed E-state index contributed by atoms with van der Waals surface area (Å²) in [4.78, 5) is 12.8. The van der Waals surface area contributed by atoms with Crippen molar-refractivity contribution in [3.05, 3.63) is 41.3 Å². The van der Waals surface area contributed by atoms with Crippen molar-refractivity contribution in [2.24, 2.45) is 12.8 Å². The molecule has 0 aliphatic heterocycles. The van der Waals surface area contributed by atoms with Gasteiger partial charge in [-0.25, -0.2) is 4.39 Å². The molecule has 1 amide bonds. The lowest BCUT2D eigenvalue weighted by Gasteiger charge is -2.07. The molecule has 3 N–H and O–H groups in total. The van der Waals surface area contributed by atoms with Crippen molar-refractivity contribution in [3.63, 3.8) is 0 Å². The lowest BCUT2D eigenvalue weighted by Crippen LogP contribution is -2.21. The van der Waals surface area contributed by atoms with E-state index in [9.17, 15) is 9.18 Å². The minimum atomic E-state index is -0.833. The molecule has 0 saturated heterocycles. The third-order valence-electron chi connectivity index (χ3n) is 3.22. The van der Waals surface area contributed by atoms with Crippen LogP contribution in [-0.4, -0.2) is 35.3 Å². The third kappa shape index (κ3) is 2.79. The van der Waals surface area contributed by atoms with Crippen LogP contribution >= 0.6 is 0 Å². The molecular weight excluding hydrogens is 271 g/mol. The number of likely N-dealkylation sites (N-methyl/N-ethyl adjacent to an activating group) is 1. The zero-order chi connectivity index (χ0) is 15.7. The molecule has 2 rings (SSSR count). The lowest BCUT2D eigenvalue weighted by atomic mass is 10.1. The van der Waals surface area contributed by atoms with Crippen molar-refractivity contribution in [2.75, 3.05) is 14.1 Å². The van der Waals surface area contributed by atoms with Gasteiger partial charge in [-0.1, -0.05) is 0 Å². The number of amidine groups is 1. The minimum Gasteiger partial charge on any atom is -0.384 e. The Kier molecular flexibility index (Phi) is 3.80. The largest absolute Gasteiger partial charge is 0.384 e. The second-order valence-corrected chi connectivity index (χ2v) is 5.03. The Bertz CT molecular complexity index is 758. The van der Waals surface area contributed by atoms with Crippen molar-refractivity contribution >= 4 is 28.7 Å². The number of nitrogen functional groups attached to an aromatic ring is 1. The van der Waals surface area contributed by atoms with E-state index < -0.39 is 11.7 Å². The topological polar surface area (TPSA) is 75.1 Å². The Labute approximate surface area is 122 Å². The molecule has 5 nitrogen and oxygen atoms in total. The van der Waals surface area contributed by atoms with Gasteiger partial charge in [-0.2, -0.15) is 0 Å². The predicted molar refractivity (Wildman–Crippen MR) is 81.7 cm³/mol. The van der Waals surface area contributed by atoms with Crippen LogP contribution in [0, 0.1) is 5.41 Å². The van der Waals surface area contributed by atoms with Crippen LogP contribution in [0.4, 0.5) is 4.39 Å². The zero-order valence-corrected chi connectivity index (χ0v) is 12.1. The van der Waals surface area contributed by atoms with Crippen molar-refractivity contribution in [1.82, 2.24) is 9.47 Å². The number of benzene rings is 1. The maximum atomic E-state index is 13.9. The summed E-state index contributed by atoms with van der Waals surface area (Å²) in [5.74, 6) is -1.57. The molecule has 1 aromatic carbocycles. The van der Waals surface area contributed by atoms with Crippen LogP contribution in [0.25, 0.3) is 17.0 Å². The molecule has 2 aromatic rings. The summed E-state index contributed by atoms with van der Waals surface area (Å²) in [5, 5.41) is 8.22. The van der Waals surface area contributed by atoms with Gasteiger partial charge in [0.1, 0.15) is 5.84 Å². The standard InChI is InChI=1S/C15H17FN4O/c1-19(2)15(21)12(16)7-10-8-20(3)13-5-4-9(14(17)18)6-11(10)13/h4-8H,1-3H3,(H3,17,18)/b12-7-. The van der Waals surface area contributed by atoms with Gasteiger partial charge in [-0.15, -0.1) is 0 Å². The number of fused-ring (bicyclic) bond motifs is 1. The number of carbonyl (C=O) groups is 1. The molecule has 1 aromatic heterocycles. The fraction of sp³-hybridized carbons (Fsp3) is 0.200. The Morgan fingerprint density at radius 3 is 2.67 bits per heavy atom. The number of nitrogens with two attached hydrogens (primary N) is 1. The fourth-order valence-corrected chi connectivity index (χ4v) is 2.12. The van der Waals surface area contributed by atoms with E-state index in [1.54, 1.807) is 18.3 Å². The van der Waals surface area contributed by atoms with Crippen LogP contribution < -0.4 is 5.73 Å². The average Bonchev–Trinajstić information content (AvgIpc) is 2.73. The Balaban J connectivity index is 2.59. The van der Waals surface area contributed by atoms with E-state index in [0.29, 0.717) is 11.1 Å². The fourth-order valence-electron chi connectivity index (χ4n) is 2.12. The summed E-state index contributed by atoms with van der Waals surface area (Å²) in [6.07, 6.45) is 2.94. The summed E-state index contributed by atoms with van der Waals surface area (Å²) >= 11 is 0. The molecule has 0 atom stereocenters. The monoisotopic (exact) mass is 288 g/mol. The van der Waals surface area contributed by atoms with Crippen molar-refractivity contribution < 1.29 is 9.18 Å². The number of amides is 1. The maximum absolute atomic E-state index is 13.9. The Morgan fingerprint density at radius 2 is 2.10 bits per heavy atom. The Hall–Kier alpha value is -2.63. The first kappa shape index (κ1) is 14.8. The number of nitrogens with zero attached hydrogens (tertiary/aromatic N) is 2. The number of carbonyl (C=O) groups excluding carboxylic acids is 1. The van der Waals surface area contributed by atoms with Gasteiger partial charge < -0.3 is 15.2 Å². The molecule has 110 valence electrons. The molecule has 0 aliphatic rings. The van der Waals surface area contributed by atoms with Gasteiger partial charge in [-0.05, 0) is 24.3 Å². The number of nitrogens with one attached hydrogen (secondary N) is 1. The van der Waals surface area contributed by atoms with Gasteiger partial charge >= 0.3 is 0 Å². The van der Waals surface area contributed by atoms with E-state index in [1.165, 1.54) is 25.1 Å². The van der Waals surface area contributed by atoms with E-state index >= 15 is 0 Å². The molecular formula is C15H17FN4O. The molecule has 0 fully saturated rings. The van der Waals surface area contributed by atoms with Crippen LogP contribution in [0.1, 0.15) is 11.1 Å². The second-order valence-electron chi connectivity index (χ2n) is 5.03. The molecule has 6 heteroatoms. The highest BCUT2D eigenvalue weighted by Crippen LogP contribution is 2.24. The summed E-state index contributed by atoms with van der Waals surface area (Å²) in [6.45, 7) is 0. The van der Waals surface area contributed by atoms with Gasteiger partial charge in [-0.3, -0.25) is 10.2 Å². The van der Waals surface area contributed by atoms with Crippen LogP contribution in [-0.2, 0) is 11.8 Å². The molecule has 0 bridgehead atoms. The van der Waals surface area contributed by atoms with Crippen LogP contribution in [0.5, 0.6) is 0 Å². The second kappa shape index (κ2) is 5.40. The van der Waals surface area contributed by atoms with Gasteiger partial charge in [0.2, 0.25) is 0 Å². The number of aromatic nitrogens is 1. The van der Waals surface area contributed by atoms with E-state index in [0.717, 1.165) is 10.9 Å². The number of halogens is 1. The molecule has 1 heterocycles. The van der Waals surface area contributed by atoms with E-state index in [4.69, 9.17) is 11.1 Å². The number of hydrogen-bond donors (Lipinski definition) is 2. The van der Waals surface area contributed by atoms with E-state index in [-0.39, 0.29) is 5.84 Å². The molecule has 0 aliphatic carbocycles. The quantitative estimate of drug-likeness (QED) is 0.514. The molecule has 0 radical (unpaired) electrons. The van der Waals surface area contributed by atoms with Crippen LogP contribution in [0.2, 0.25) is 0 Å². The zero-order valence-electron chi connectivity index (χ0n) is 12.1. The molecule has 0 spiro atoms. The first-order chi connectivity index (χ1) is 9.81. The van der Waals surface area contributed by atoms with Gasteiger partial charge in [0.05, 0.1) is 0 Å². The van der Waals surface area contributed by atoms with Gasteiger partial charge in [0, 0.05) is 49.4 Å². The van der Waals surface area contributed by atoms with Gasteiger partial charge in [0.25, 0.3) is 5.91 Å². The number of hydrogen-bond acceptors (Lipinski definition) is 2. The Morgan fingerprint density at radius 1 is 1.43 bits per heavy atom. The normalized spacial score (nSPS) is 11.7. The highest BCUT2D eigenvalue weighted by molar-refractivity contribution is 6.02. The van der Waals surface area contributed by atoms with Crippen LogP contribution in [0.3, 0.4) is 0 Å². The molecule has 0 unspecified atom stereocenters. The first-order valence-corrected chi connectivity index (χ1v) is 6.33. The minimum absolute atomic E-state index is 0.0551. The molecule has 21 heavy (non-hydrogen) atoms. The van der Waals surface area contributed by atoms with Crippen LogP contribution in [0.15, 0.2) is 30.2 Å². The highest BCUT2D eigenvalue weighted by atomic mass is 19.1. The molecule has 0 saturated carbocycles. The van der Waals surface area contributed by atoms with Crippen molar-refractivity contribution in [3.8, 4) is 0 Å². The van der Waals surface area contributed by atoms with E-state index in [2.05, 4.69) is 0 Å². The summed E-state index contributed by atoms with van der Waals surface area (Å²) in [5.41, 5.74) is 7.48. The predicted octanol–water partition coefficient (Wildman–Crippen LogP) is 1.86.